The smallest absolute Gasteiger partial charge is 0.744 e. The first-order valence-corrected chi connectivity index (χ1v) is 10.9. The standard InChI is InChI=1S/C20H16O6S2.Na/c21-27(22,23)19-13-7-12-18(17-10-5-2-6-11-17)20(19)28(24,25)26-15-14-16-8-3-1-4-9-16;/h1-15H,(H,21,22,23);/q;+1/p-1. The molecule has 0 heterocycles. The van der Waals surface area contributed by atoms with Gasteiger partial charge in [0.25, 0.3) is 0 Å². The zero-order valence-electron chi connectivity index (χ0n) is 15.4. The third-order valence-electron chi connectivity index (χ3n) is 3.83. The molecule has 0 N–H and O–H groups in total. The number of hydrogen-bond donors (Lipinski definition) is 0. The fourth-order valence-corrected chi connectivity index (χ4v) is 4.87. The van der Waals surface area contributed by atoms with E-state index in [1.165, 1.54) is 18.2 Å². The third kappa shape index (κ3) is 5.79. The van der Waals surface area contributed by atoms with Crippen molar-refractivity contribution < 1.29 is 55.1 Å². The summed E-state index contributed by atoms with van der Waals surface area (Å²) in [5.74, 6) is 0. The van der Waals surface area contributed by atoms with E-state index < -0.39 is 30.0 Å². The molecular formula is C20H15NaO6S2. The first kappa shape index (κ1) is 23.3. The summed E-state index contributed by atoms with van der Waals surface area (Å²) < 4.78 is 65.6. The molecule has 0 unspecified atom stereocenters. The van der Waals surface area contributed by atoms with E-state index in [0.29, 0.717) is 11.1 Å². The fourth-order valence-electron chi connectivity index (χ4n) is 2.61. The average molecular weight is 438 g/mol. The van der Waals surface area contributed by atoms with Crippen LogP contribution < -0.4 is 29.6 Å². The van der Waals surface area contributed by atoms with Gasteiger partial charge in [0, 0.05) is 5.56 Å². The van der Waals surface area contributed by atoms with Gasteiger partial charge >= 0.3 is 39.7 Å². The van der Waals surface area contributed by atoms with Crippen molar-refractivity contribution in [3.8, 4) is 11.1 Å². The minimum atomic E-state index is -5.06. The van der Waals surface area contributed by atoms with Gasteiger partial charge in [-0.15, -0.1) is 0 Å². The van der Waals surface area contributed by atoms with Crippen LogP contribution in [-0.2, 0) is 24.4 Å². The van der Waals surface area contributed by atoms with Crippen molar-refractivity contribution in [2.75, 3.05) is 0 Å². The van der Waals surface area contributed by atoms with Gasteiger partial charge in [0.15, 0.2) is 0 Å². The molecule has 0 aromatic heterocycles. The molecule has 0 bridgehead atoms. The summed E-state index contributed by atoms with van der Waals surface area (Å²) in [6.45, 7) is 0. The van der Waals surface area contributed by atoms with Crippen molar-refractivity contribution in [2.45, 2.75) is 9.79 Å². The maximum atomic E-state index is 12.8. The molecule has 9 heteroatoms. The Kier molecular flexibility index (Phi) is 7.81. The van der Waals surface area contributed by atoms with E-state index in [4.69, 9.17) is 4.18 Å². The van der Waals surface area contributed by atoms with E-state index in [1.54, 1.807) is 60.7 Å². The Morgan fingerprint density at radius 1 is 0.759 bits per heavy atom. The molecule has 0 saturated heterocycles. The molecule has 29 heavy (non-hydrogen) atoms. The predicted octanol–water partition coefficient (Wildman–Crippen LogP) is 0.638. The van der Waals surface area contributed by atoms with Crippen LogP contribution in [0.3, 0.4) is 0 Å². The summed E-state index contributed by atoms with van der Waals surface area (Å²) in [4.78, 5) is -1.55. The normalized spacial score (nSPS) is 11.8. The third-order valence-corrected chi connectivity index (χ3v) is 6.14. The van der Waals surface area contributed by atoms with Crippen molar-refractivity contribution >= 4 is 26.3 Å². The van der Waals surface area contributed by atoms with Gasteiger partial charge in [-0.3, -0.25) is 0 Å². The van der Waals surface area contributed by atoms with Crippen molar-refractivity contribution in [1.82, 2.24) is 0 Å². The van der Waals surface area contributed by atoms with Crippen LogP contribution in [0.2, 0.25) is 0 Å². The zero-order valence-corrected chi connectivity index (χ0v) is 19.1. The Bertz CT molecular complexity index is 1210. The van der Waals surface area contributed by atoms with Crippen LogP contribution in [0.4, 0.5) is 0 Å². The molecule has 0 spiro atoms. The maximum absolute atomic E-state index is 12.8. The molecule has 6 nitrogen and oxygen atoms in total. The van der Waals surface area contributed by atoms with Gasteiger partial charge in [0.2, 0.25) is 0 Å². The largest absolute Gasteiger partial charge is 1.00 e. The van der Waals surface area contributed by atoms with Crippen molar-refractivity contribution in [2.24, 2.45) is 0 Å². The van der Waals surface area contributed by atoms with Gasteiger partial charge in [0.1, 0.15) is 21.3 Å². The molecule has 3 aromatic carbocycles. The Morgan fingerprint density at radius 2 is 1.34 bits per heavy atom. The van der Waals surface area contributed by atoms with Gasteiger partial charge in [-0.2, -0.15) is 8.42 Å². The minimum Gasteiger partial charge on any atom is -0.744 e. The molecule has 0 aliphatic carbocycles. The van der Waals surface area contributed by atoms with E-state index >= 15 is 0 Å². The van der Waals surface area contributed by atoms with E-state index in [9.17, 15) is 21.4 Å². The summed E-state index contributed by atoms with van der Waals surface area (Å²) in [5, 5.41) is 0. The van der Waals surface area contributed by atoms with Gasteiger partial charge in [0.05, 0.1) is 4.90 Å². The molecule has 144 valence electrons. The summed E-state index contributed by atoms with van der Waals surface area (Å²) in [6, 6.07) is 20.8. The summed E-state index contributed by atoms with van der Waals surface area (Å²) in [5.41, 5.74) is 1.18. The van der Waals surface area contributed by atoms with Gasteiger partial charge in [-0.05, 0) is 23.3 Å². The van der Waals surface area contributed by atoms with E-state index in [2.05, 4.69) is 0 Å². The monoisotopic (exact) mass is 438 g/mol. The molecular weight excluding hydrogens is 423 g/mol. The van der Waals surface area contributed by atoms with Crippen LogP contribution in [-0.4, -0.2) is 21.4 Å². The number of benzene rings is 3. The molecule has 0 radical (unpaired) electrons. The first-order valence-electron chi connectivity index (χ1n) is 8.08. The van der Waals surface area contributed by atoms with Gasteiger partial charge < -0.3 is 8.74 Å². The van der Waals surface area contributed by atoms with Crippen LogP contribution in [0.25, 0.3) is 17.2 Å². The van der Waals surface area contributed by atoms with Crippen molar-refractivity contribution in [3.63, 3.8) is 0 Å². The quantitative estimate of drug-likeness (QED) is 0.242. The fraction of sp³-hybridized carbons (Fsp3) is 0. The molecule has 0 atom stereocenters. The Hall–Kier alpha value is -1.94. The Labute approximate surface area is 192 Å². The van der Waals surface area contributed by atoms with Crippen LogP contribution in [0.15, 0.2) is 94.9 Å². The number of rotatable bonds is 6. The second-order valence-corrected chi connectivity index (χ2v) is 8.57. The Balaban J connectivity index is 0.00000300. The molecule has 0 aliphatic heterocycles. The van der Waals surface area contributed by atoms with Crippen LogP contribution in [0.5, 0.6) is 0 Å². The molecule has 0 saturated carbocycles. The van der Waals surface area contributed by atoms with Crippen LogP contribution in [0, 0.1) is 0 Å². The van der Waals surface area contributed by atoms with Crippen LogP contribution >= 0.6 is 0 Å². The van der Waals surface area contributed by atoms with E-state index in [0.717, 1.165) is 12.3 Å². The summed E-state index contributed by atoms with van der Waals surface area (Å²) in [6.07, 6.45) is 2.35. The van der Waals surface area contributed by atoms with Gasteiger partial charge in [-0.25, -0.2) is 8.42 Å². The minimum absolute atomic E-state index is 0. The summed E-state index contributed by atoms with van der Waals surface area (Å²) >= 11 is 0. The molecule has 0 aliphatic rings. The average Bonchev–Trinajstić information content (AvgIpc) is 2.68. The molecule has 3 rings (SSSR count). The molecule has 0 fully saturated rings. The zero-order chi connectivity index (χ0) is 20.2. The SMILES string of the molecule is O=S(=O)([O-])c1cccc(-c2ccccc2)c1S(=O)(=O)OC=Cc1ccccc1.[Na+]. The van der Waals surface area contributed by atoms with Gasteiger partial charge in [-0.1, -0.05) is 72.8 Å². The Morgan fingerprint density at radius 3 is 1.93 bits per heavy atom. The maximum Gasteiger partial charge on any atom is 1.00 e. The number of hydrogen-bond acceptors (Lipinski definition) is 6. The van der Waals surface area contributed by atoms with Crippen LogP contribution in [0.1, 0.15) is 5.56 Å². The van der Waals surface area contributed by atoms with Crippen molar-refractivity contribution in [1.29, 1.82) is 0 Å². The summed E-state index contributed by atoms with van der Waals surface area (Å²) in [7, 11) is -9.65. The van der Waals surface area contributed by atoms with E-state index in [1.807, 2.05) is 0 Å². The first-order chi connectivity index (χ1) is 13.3. The predicted molar refractivity (Wildman–Crippen MR) is 104 cm³/mol. The topological polar surface area (TPSA) is 101 Å². The van der Waals surface area contributed by atoms with Crippen molar-refractivity contribution in [3.05, 3.63) is 90.7 Å². The molecule has 0 amide bonds. The second-order valence-electron chi connectivity index (χ2n) is 5.72. The molecule has 3 aromatic rings. The van der Waals surface area contributed by atoms with E-state index in [-0.39, 0.29) is 35.1 Å². The second kappa shape index (κ2) is 9.71.